The molecule has 2 heterocycles. The van der Waals surface area contributed by atoms with Crippen molar-refractivity contribution in [3.63, 3.8) is 0 Å². The number of amides is 1. The summed E-state index contributed by atoms with van der Waals surface area (Å²) in [5, 5.41) is 12.5. The van der Waals surface area contributed by atoms with Crippen molar-refractivity contribution in [2.75, 3.05) is 51.7 Å². The van der Waals surface area contributed by atoms with Crippen LogP contribution in [0.25, 0.3) is 10.2 Å². The molecule has 0 aliphatic rings. The number of aliphatic imine (C=N–C) groups is 1. The van der Waals surface area contributed by atoms with E-state index in [-0.39, 0.29) is 17.1 Å². The molecular weight excluding hydrogens is 382 g/mol. The molecule has 0 atom stereocenters. The van der Waals surface area contributed by atoms with Gasteiger partial charge < -0.3 is 20.1 Å². The van der Waals surface area contributed by atoms with Crippen molar-refractivity contribution < 1.29 is 14.3 Å². The number of nitrogens with one attached hydrogen (secondary N) is 1. The van der Waals surface area contributed by atoms with E-state index in [1.165, 1.54) is 31.7 Å². The van der Waals surface area contributed by atoms with Crippen LogP contribution in [0, 0.1) is 11.3 Å². The van der Waals surface area contributed by atoms with Crippen LogP contribution < -0.4 is 20.7 Å². The Balaban J connectivity index is 2.55. The zero-order chi connectivity index (χ0) is 20.7. The molecule has 0 aliphatic carbocycles. The quantitative estimate of drug-likeness (QED) is 0.494. The van der Waals surface area contributed by atoms with Crippen molar-refractivity contribution in [2.45, 2.75) is 0 Å². The summed E-state index contributed by atoms with van der Waals surface area (Å²) in [7, 11) is 6.41. The van der Waals surface area contributed by atoms with Gasteiger partial charge in [-0.05, 0) is 0 Å². The molecule has 0 bridgehead atoms. The summed E-state index contributed by atoms with van der Waals surface area (Å²) in [5.41, 5.74) is 6.91. The second-order valence-corrected chi connectivity index (χ2v) is 6.50. The van der Waals surface area contributed by atoms with Gasteiger partial charge in [0.05, 0.1) is 29.7 Å². The predicted octanol–water partition coefficient (Wildman–Crippen LogP) is 1.14. The van der Waals surface area contributed by atoms with Crippen LogP contribution in [0.15, 0.2) is 16.8 Å². The van der Waals surface area contributed by atoms with Crippen LogP contribution in [0.5, 0.6) is 5.88 Å². The van der Waals surface area contributed by atoms with Crippen LogP contribution in [0.4, 0.5) is 10.8 Å². The second-order valence-electron chi connectivity index (χ2n) is 5.50. The number of nitrogens with two attached hydrogens (primary N) is 1. The van der Waals surface area contributed by atoms with Gasteiger partial charge in [0.15, 0.2) is 10.8 Å². The fourth-order valence-electron chi connectivity index (χ4n) is 2.39. The van der Waals surface area contributed by atoms with Gasteiger partial charge in [-0.1, -0.05) is 11.3 Å². The first-order valence-corrected chi connectivity index (χ1v) is 8.96. The highest BCUT2D eigenvalue weighted by molar-refractivity contribution is 7.23. The van der Waals surface area contributed by atoms with Gasteiger partial charge in [0.2, 0.25) is 5.88 Å². The summed E-state index contributed by atoms with van der Waals surface area (Å²) < 4.78 is 11.1. The first kappa shape index (κ1) is 21.1. The Hall–Kier alpha value is -3.23. The maximum atomic E-state index is 12.3. The first-order valence-electron chi connectivity index (χ1n) is 8.14. The average Bonchev–Trinajstić information content (AvgIpc) is 3.11. The van der Waals surface area contributed by atoms with Gasteiger partial charge >= 0.3 is 0 Å². The highest BCUT2D eigenvalue weighted by Crippen LogP contribution is 2.39. The molecule has 10 nitrogen and oxygen atoms in total. The molecule has 1 amide bonds. The molecule has 0 fully saturated rings. The molecule has 2 aromatic rings. The number of anilines is 2. The fourth-order valence-corrected chi connectivity index (χ4v) is 3.45. The van der Waals surface area contributed by atoms with Crippen molar-refractivity contribution in [2.24, 2.45) is 10.7 Å². The molecule has 2 rings (SSSR count). The predicted molar refractivity (Wildman–Crippen MR) is 109 cm³/mol. The van der Waals surface area contributed by atoms with Crippen LogP contribution in [0.1, 0.15) is 5.69 Å². The third-order valence-electron chi connectivity index (χ3n) is 3.72. The third kappa shape index (κ3) is 4.36. The van der Waals surface area contributed by atoms with E-state index < -0.39 is 5.91 Å². The van der Waals surface area contributed by atoms with Crippen molar-refractivity contribution in [1.29, 1.82) is 5.26 Å². The van der Waals surface area contributed by atoms with Gasteiger partial charge in [0, 0.05) is 40.2 Å². The van der Waals surface area contributed by atoms with E-state index in [0.717, 1.165) is 6.20 Å². The molecule has 0 saturated carbocycles. The normalized spacial score (nSPS) is 11.6. The maximum Gasteiger partial charge on any atom is 0.260 e. The monoisotopic (exact) mass is 403 g/mol. The van der Waals surface area contributed by atoms with Gasteiger partial charge in [-0.25, -0.2) is 4.98 Å². The van der Waals surface area contributed by atoms with Gasteiger partial charge in [0.1, 0.15) is 11.6 Å². The van der Waals surface area contributed by atoms with Crippen LogP contribution in [-0.2, 0) is 9.53 Å². The Kier molecular flexibility index (Phi) is 7.25. The molecule has 0 saturated heterocycles. The molecule has 0 radical (unpaired) electrons. The molecule has 0 unspecified atom stereocenters. The number of rotatable bonds is 8. The largest absolute Gasteiger partial charge is 0.479 e. The van der Waals surface area contributed by atoms with Crippen molar-refractivity contribution in [1.82, 2.24) is 9.97 Å². The van der Waals surface area contributed by atoms with E-state index >= 15 is 0 Å². The van der Waals surface area contributed by atoms with E-state index in [1.54, 1.807) is 7.11 Å². The molecule has 2 aromatic heterocycles. The van der Waals surface area contributed by atoms with E-state index in [9.17, 15) is 10.1 Å². The summed E-state index contributed by atoms with van der Waals surface area (Å²) in [4.78, 5) is 26.7. The van der Waals surface area contributed by atoms with E-state index in [1.807, 2.05) is 11.9 Å². The number of methoxy groups -OCH3 is 2. The number of hydrogen-bond acceptors (Lipinski definition) is 10. The summed E-state index contributed by atoms with van der Waals surface area (Å²) >= 11 is 1.21. The maximum absolute atomic E-state index is 12.3. The highest BCUT2D eigenvalue weighted by atomic mass is 32.1. The number of fused-ring (bicyclic) bond motifs is 1. The number of hydrogen-bond donors (Lipinski definition) is 2. The minimum absolute atomic E-state index is 0.196. The van der Waals surface area contributed by atoms with E-state index in [2.05, 4.69) is 26.3 Å². The third-order valence-corrected chi connectivity index (χ3v) is 4.70. The number of carbonyl (C=O) groups excluding carboxylic acids is 1. The smallest absolute Gasteiger partial charge is 0.260 e. The van der Waals surface area contributed by atoms with Crippen molar-refractivity contribution in [3.8, 4) is 11.9 Å². The molecule has 0 aliphatic heterocycles. The summed E-state index contributed by atoms with van der Waals surface area (Å²) in [6.45, 7) is 1.01. The molecular formula is C17H21N7O3S. The van der Waals surface area contributed by atoms with Gasteiger partial charge in [-0.15, -0.1) is 0 Å². The van der Waals surface area contributed by atoms with Gasteiger partial charge in [-0.3, -0.25) is 15.1 Å². The number of carbonyl (C=O) groups is 1. The molecule has 28 heavy (non-hydrogen) atoms. The molecule has 0 aromatic carbocycles. The van der Waals surface area contributed by atoms with Crippen LogP contribution in [0.3, 0.4) is 0 Å². The minimum atomic E-state index is -0.450. The topological polar surface area (TPSA) is 139 Å². The Morgan fingerprint density at radius 2 is 2.21 bits per heavy atom. The van der Waals surface area contributed by atoms with Crippen LogP contribution >= 0.6 is 11.3 Å². The standard InChI is InChI=1S/C17H21N7O3S/c1-20-9-10(7-18)15(25)23-17-22-12-14(28-17)13(24(2)5-6-26-3)11(8-19)21-16(12)27-4/h7,9H,5-6,18H2,1-4H3,(H,22,23,25). The average molecular weight is 403 g/mol. The second kappa shape index (κ2) is 9.63. The Labute approximate surface area is 166 Å². The lowest BCUT2D eigenvalue weighted by atomic mass is 10.2. The Bertz CT molecular complexity index is 962. The number of ether oxygens (including phenoxy) is 2. The number of nitriles is 1. The minimum Gasteiger partial charge on any atom is -0.479 e. The number of pyridine rings is 1. The first-order chi connectivity index (χ1) is 13.5. The summed E-state index contributed by atoms with van der Waals surface area (Å²) in [6.07, 6.45) is 2.51. The SMILES string of the molecule is CN=CC(=CN)C(=O)Nc1nc2c(OC)nc(C#N)c(N(C)CCOC)c2s1. The zero-order valence-corrected chi connectivity index (χ0v) is 16.8. The lowest BCUT2D eigenvalue weighted by Crippen LogP contribution is -2.23. The molecule has 148 valence electrons. The lowest BCUT2D eigenvalue weighted by molar-refractivity contribution is -0.112. The lowest BCUT2D eigenvalue weighted by Gasteiger charge is -2.20. The van der Waals surface area contributed by atoms with Crippen molar-refractivity contribution in [3.05, 3.63) is 17.5 Å². The summed E-state index contributed by atoms with van der Waals surface area (Å²) in [5.74, 6) is -0.245. The molecule has 0 spiro atoms. The van der Waals surface area contributed by atoms with Gasteiger partial charge in [-0.2, -0.15) is 10.2 Å². The summed E-state index contributed by atoms with van der Waals surface area (Å²) in [6, 6.07) is 2.09. The Morgan fingerprint density at radius 1 is 1.46 bits per heavy atom. The van der Waals surface area contributed by atoms with Crippen LogP contribution in [-0.4, -0.2) is 63.6 Å². The molecule has 3 N–H and O–H groups in total. The number of thiazole rings is 1. The van der Waals surface area contributed by atoms with Crippen molar-refractivity contribution >= 4 is 44.5 Å². The highest BCUT2D eigenvalue weighted by Gasteiger charge is 2.22. The van der Waals surface area contributed by atoms with Gasteiger partial charge in [0.25, 0.3) is 5.91 Å². The molecule has 11 heteroatoms. The van der Waals surface area contributed by atoms with Crippen LogP contribution in [0.2, 0.25) is 0 Å². The fraction of sp³-hybridized carbons (Fsp3) is 0.353. The number of aromatic nitrogens is 2. The number of nitrogens with zero attached hydrogens (tertiary/aromatic N) is 5. The number of likely N-dealkylation sites (N-methyl/N-ethyl adjacent to an activating group) is 1. The zero-order valence-electron chi connectivity index (χ0n) is 16.0. The Morgan fingerprint density at radius 3 is 2.79 bits per heavy atom. The van der Waals surface area contributed by atoms with E-state index in [4.69, 9.17) is 15.2 Å². The van der Waals surface area contributed by atoms with E-state index in [0.29, 0.717) is 34.2 Å².